The van der Waals surface area contributed by atoms with Crippen LogP contribution >= 0.6 is 34.7 Å². The van der Waals surface area contributed by atoms with Crippen molar-refractivity contribution in [1.29, 1.82) is 0 Å². The van der Waals surface area contributed by atoms with Gasteiger partial charge in [0.25, 0.3) is 23.5 Å². The van der Waals surface area contributed by atoms with Crippen molar-refractivity contribution in [2.75, 3.05) is 44.3 Å². The van der Waals surface area contributed by atoms with E-state index in [2.05, 4.69) is 34.9 Å². The van der Waals surface area contributed by atoms with Crippen LogP contribution < -0.4 is 27.4 Å². The Hall–Kier alpha value is -5.27. The number of nitrogens with two attached hydrogens (primary N) is 2. The number of nitrogens with zero attached hydrogens (tertiary/aromatic N) is 2. The number of amides is 5. The summed E-state index contributed by atoms with van der Waals surface area (Å²) in [4.78, 5) is 77.2. The molecule has 2 aliphatic heterocycles. The van der Waals surface area contributed by atoms with Gasteiger partial charge in [-0.3, -0.25) is 24.0 Å². The summed E-state index contributed by atoms with van der Waals surface area (Å²) in [6.45, 7) is 2.21. The first-order valence-corrected chi connectivity index (χ1v) is 23.6. The molecule has 4 aromatic rings. The van der Waals surface area contributed by atoms with Crippen molar-refractivity contribution in [2.45, 2.75) is 79.9 Å². The number of likely N-dealkylation sites (tertiary alicyclic amines) is 2. The molecule has 346 valence electrons. The maximum absolute atomic E-state index is 13.1. The topological polar surface area (TPSA) is 197 Å². The molecule has 13 nitrogen and oxygen atoms in total. The summed E-state index contributed by atoms with van der Waals surface area (Å²) >= 11 is 8.92. The van der Waals surface area contributed by atoms with E-state index in [1.54, 1.807) is 11.0 Å². The zero-order chi connectivity index (χ0) is 46.8. The van der Waals surface area contributed by atoms with Crippen molar-refractivity contribution in [3.63, 3.8) is 0 Å². The number of piperidine rings is 2. The van der Waals surface area contributed by atoms with Crippen molar-refractivity contribution < 1.29 is 41.9 Å². The molecule has 2 saturated heterocycles. The lowest BCUT2D eigenvalue weighted by atomic mass is 9.88. The van der Waals surface area contributed by atoms with E-state index >= 15 is 0 Å². The van der Waals surface area contributed by atoms with Gasteiger partial charge in [-0.15, -0.1) is 23.1 Å². The van der Waals surface area contributed by atoms with E-state index in [9.17, 15) is 41.9 Å². The molecule has 3 aromatic carbocycles. The number of benzene rings is 3. The zero-order valence-electron chi connectivity index (χ0n) is 35.7. The fourth-order valence-electron chi connectivity index (χ4n) is 7.92. The number of halogens is 4. The van der Waals surface area contributed by atoms with Gasteiger partial charge in [-0.2, -0.15) is 13.2 Å². The first-order valence-electron chi connectivity index (χ1n) is 21.2. The number of thioether (sulfide) groups is 1. The van der Waals surface area contributed by atoms with Crippen molar-refractivity contribution in [2.24, 2.45) is 11.5 Å². The first kappa shape index (κ1) is 49.2. The minimum atomic E-state index is -5.04. The van der Waals surface area contributed by atoms with E-state index in [0.717, 1.165) is 41.0 Å². The summed E-state index contributed by atoms with van der Waals surface area (Å²) in [6.07, 6.45) is 1.43. The van der Waals surface area contributed by atoms with Crippen molar-refractivity contribution in [3.05, 3.63) is 116 Å². The number of hydrogen-bond acceptors (Lipinski definition) is 10. The largest absolute Gasteiger partial charge is 0.451 e. The monoisotopic (exact) mass is 953 g/mol. The first-order chi connectivity index (χ1) is 31.1. The second-order valence-electron chi connectivity index (χ2n) is 16.0. The number of alkyl halides is 3. The molecule has 7 rings (SSSR count). The lowest BCUT2D eigenvalue weighted by molar-refractivity contribution is -0.169. The smallest absolute Gasteiger partial charge is 0.345 e. The van der Waals surface area contributed by atoms with Gasteiger partial charge in [0.05, 0.1) is 27.4 Å². The summed E-state index contributed by atoms with van der Waals surface area (Å²) in [5.41, 5.74) is 16.8. The van der Waals surface area contributed by atoms with Crippen LogP contribution in [-0.4, -0.2) is 96.3 Å². The Kier molecular flexibility index (Phi) is 16.9. The molecule has 1 aliphatic carbocycles. The molecular formula is C46H51ClF3N7O6S2. The van der Waals surface area contributed by atoms with Crippen LogP contribution in [0.2, 0.25) is 5.02 Å². The third-order valence-corrected chi connectivity index (χ3v) is 14.2. The van der Waals surface area contributed by atoms with E-state index in [1.165, 1.54) is 52.4 Å². The van der Waals surface area contributed by atoms with Gasteiger partial charge in [-0.25, -0.2) is 4.79 Å². The maximum atomic E-state index is 13.1. The number of hydrogen-bond donors (Lipinski definition) is 5. The lowest BCUT2D eigenvalue weighted by Gasteiger charge is -2.32. The van der Waals surface area contributed by atoms with Crippen molar-refractivity contribution in [3.8, 4) is 0 Å². The Balaban J connectivity index is 0.000000215. The number of Topliss-reactive ketones (excluding diaryl/α,β-unsaturated/α-hetero) is 2. The molecule has 0 radical (unpaired) electrons. The van der Waals surface area contributed by atoms with Gasteiger partial charge in [0.15, 0.2) is 5.78 Å². The van der Waals surface area contributed by atoms with Crippen LogP contribution in [0.15, 0.2) is 77.0 Å². The third kappa shape index (κ3) is 13.0. The Labute approximate surface area is 388 Å². The maximum Gasteiger partial charge on any atom is 0.451 e. The fourth-order valence-corrected chi connectivity index (χ4v) is 9.90. The standard InChI is InChI=1S/C23H23ClF3N3O3.C23H28N4O3S2/c24-19-10-17(21(32)29-13-20(31)23(25,26)27)9-18(11-19)22(33)30-6-4-15(5-7-30)16-3-1-2-14(8-16)12-28;1-31-22-18(26-23(30)25-17-5-6-19(17)28)12-20(32-22)21(29)27-9-7-15(8-10-27)16-4-2-3-14(11-16)13-24/h1-3,8-11,15H,4-7,12-13,28H2,(H,29,32);2-4,11-12,15,17H,5-10,13,24H2,1H3,(H2,25,26,30). The van der Waals surface area contributed by atoms with E-state index in [1.807, 2.05) is 40.7 Å². The molecule has 5 amide bonds. The minimum Gasteiger partial charge on any atom is -0.345 e. The number of carbonyl (C=O) groups is 6. The normalized spacial score (nSPS) is 16.8. The lowest BCUT2D eigenvalue weighted by Crippen LogP contribution is -2.48. The number of urea groups is 1. The molecule has 3 aliphatic rings. The van der Waals surface area contributed by atoms with Crippen LogP contribution in [0.25, 0.3) is 0 Å². The van der Waals surface area contributed by atoms with Crippen LogP contribution in [0.3, 0.4) is 0 Å². The van der Waals surface area contributed by atoms with Crippen molar-refractivity contribution in [1.82, 2.24) is 20.4 Å². The van der Waals surface area contributed by atoms with Crippen LogP contribution in [0.5, 0.6) is 0 Å². The van der Waals surface area contributed by atoms with Gasteiger partial charge >= 0.3 is 12.2 Å². The molecule has 1 saturated carbocycles. The van der Waals surface area contributed by atoms with E-state index < -0.39 is 30.4 Å². The highest BCUT2D eigenvalue weighted by atomic mass is 35.5. The van der Waals surface area contributed by atoms with Crippen LogP contribution in [0.4, 0.5) is 23.7 Å². The highest BCUT2D eigenvalue weighted by Crippen LogP contribution is 2.37. The highest BCUT2D eigenvalue weighted by Gasteiger charge is 2.38. The number of rotatable bonds is 12. The molecule has 7 N–H and O–H groups in total. The second kappa shape index (κ2) is 22.3. The molecule has 0 bridgehead atoms. The third-order valence-electron chi connectivity index (χ3n) is 11.7. The van der Waals surface area contributed by atoms with E-state index in [-0.39, 0.29) is 39.8 Å². The minimum absolute atomic E-state index is 0.00193. The van der Waals surface area contributed by atoms with E-state index in [0.29, 0.717) is 74.5 Å². The summed E-state index contributed by atoms with van der Waals surface area (Å²) in [6, 6.07) is 21.3. The average molecular weight is 955 g/mol. The van der Waals surface area contributed by atoms with Crippen LogP contribution in [0.1, 0.15) is 103 Å². The number of ketones is 2. The molecule has 3 fully saturated rings. The molecule has 19 heteroatoms. The predicted molar refractivity (Wildman–Crippen MR) is 246 cm³/mol. The van der Waals surface area contributed by atoms with Gasteiger partial charge in [-0.05, 0) is 96.7 Å². The quantitative estimate of drug-likeness (QED) is 0.0895. The number of anilines is 1. The average Bonchev–Trinajstić information content (AvgIpc) is 3.73. The summed E-state index contributed by atoms with van der Waals surface area (Å²) in [5.74, 6) is -2.53. The van der Waals surface area contributed by atoms with Gasteiger partial charge in [-0.1, -0.05) is 60.1 Å². The molecule has 0 spiro atoms. The molecule has 1 atom stereocenters. The number of thiophene rings is 1. The Morgan fingerprint density at radius 3 is 1.83 bits per heavy atom. The predicted octanol–water partition coefficient (Wildman–Crippen LogP) is 7.48. The van der Waals surface area contributed by atoms with Crippen LogP contribution in [0, 0.1) is 0 Å². The van der Waals surface area contributed by atoms with Gasteiger partial charge < -0.3 is 37.2 Å². The fraction of sp³-hybridized carbons (Fsp3) is 0.391. The van der Waals surface area contributed by atoms with Gasteiger partial charge in [0.1, 0.15) is 0 Å². The summed E-state index contributed by atoms with van der Waals surface area (Å²) in [5, 5.41) is 7.49. The Morgan fingerprint density at radius 2 is 1.34 bits per heavy atom. The molecule has 3 heterocycles. The number of carbonyl (C=O) groups excluding carboxylic acids is 6. The number of nitrogens with one attached hydrogen (secondary N) is 3. The molecule has 65 heavy (non-hydrogen) atoms. The molecular weight excluding hydrogens is 903 g/mol. The van der Waals surface area contributed by atoms with Gasteiger partial charge in [0, 0.05) is 61.8 Å². The Bertz CT molecular complexity index is 2400. The molecule has 1 unspecified atom stereocenters. The highest BCUT2D eigenvalue weighted by molar-refractivity contribution is 8.00. The summed E-state index contributed by atoms with van der Waals surface area (Å²) in [7, 11) is 0. The second-order valence-corrected chi connectivity index (χ2v) is 18.6. The Morgan fingerprint density at radius 1 is 0.785 bits per heavy atom. The zero-order valence-corrected chi connectivity index (χ0v) is 38.1. The summed E-state index contributed by atoms with van der Waals surface area (Å²) < 4.78 is 37.9. The SMILES string of the molecule is CSc1sc(C(=O)N2CCC(c3cccc(CN)c3)CC2)cc1NC(=O)NC1CCC1=O.NCc1cccc(C2CCN(C(=O)c3cc(Cl)cc(C(=O)NCC(=O)C(F)(F)F)c3)CC2)c1. The van der Waals surface area contributed by atoms with Crippen LogP contribution in [-0.2, 0) is 22.7 Å². The molecule has 1 aromatic heterocycles. The van der Waals surface area contributed by atoms with Crippen molar-refractivity contribution >= 4 is 75.7 Å². The van der Waals surface area contributed by atoms with E-state index in [4.69, 9.17) is 23.1 Å². The van der Waals surface area contributed by atoms with Gasteiger partial charge in [0.2, 0.25) is 0 Å².